The van der Waals surface area contributed by atoms with Gasteiger partial charge < -0.3 is 10.6 Å². The summed E-state index contributed by atoms with van der Waals surface area (Å²) in [4.78, 5) is 11.7. The molecule has 0 spiro atoms. The summed E-state index contributed by atoms with van der Waals surface area (Å²) in [6, 6.07) is 0.0190. The predicted octanol–water partition coefficient (Wildman–Crippen LogP) is 7.74. The van der Waals surface area contributed by atoms with Gasteiger partial charge in [-0.15, -0.1) is 0 Å². The highest BCUT2D eigenvalue weighted by atomic mass is 16.2. The van der Waals surface area contributed by atoms with Crippen LogP contribution < -0.4 is 10.6 Å². The number of hydrogen-bond donors (Lipinski definition) is 2. The molecule has 0 saturated heterocycles. The predicted molar refractivity (Wildman–Crippen MR) is 120 cm³/mol. The van der Waals surface area contributed by atoms with Crippen molar-refractivity contribution in [3.8, 4) is 0 Å². The second kappa shape index (κ2) is 23.3. The average Bonchev–Trinajstić information content (AvgIpc) is 2.67. The molecule has 0 aromatic carbocycles. The van der Waals surface area contributed by atoms with E-state index in [1.54, 1.807) is 0 Å². The minimum Gasteiger partial charge on any atom is -0.338 e. The molecule has 0 atom stereocenters. The van der Waals surface area contributed by atoms with Gasteiger partial charge in [0, 0.05) is 13.1 Å². The van der Waals surface area contributed by atoms with Crippen LogP contribution in [-0.4, -0.2) is 19.1 Å². The minimum atomic E-state index is 0.0190. The van der Waals surface area contributed by atoms with Gasteiger partial charge in [0.1, 0.15) is 0 Å². The lowest BCUT2D eigenvalue weighted by molar-refractivity contribution is 0.240. The SMILES string of the molecule is CCCCCCCCCCCCNC(=O)NCCCCCCCCCCC. The fourth-order valence-electron chi connectivity index (χ4n) is 3.51. The van der Waals surface area contributed by atoms with E-state index >= 15 is 0 Å². The Morgan fingerprint density at radius 1 is 0.444 bits per heavy atom. The summed E-state index contributed by atoms with van der Waals surface area (Å²) < 4.78 is 0. The molecule has 0 rings (SSSR count). The molecule has 162 valence electrons. The van der Waals surface area contributed by atoms with Gasteiger partial charge in [-0.25, -0.2) is 4.79 Å². The number of urea groups is 1. The quantitative estimate of drug-likeness (QED) is 0.196. The molecule has 0 aliphatic carbocycles. The summed E-state index contributed by atoms with van der Waals surface area (Å²) in [7, 11) is 0. The van der Waals surface area contributed by atoms with Crippen LogP contribution in [0.5, 0.6) is 0 Å². The lowest BCUT2D eigenvalue weighted by atomic mass is 10.1. The minimum absolute atomic E-state index is 0.0190. The van der Waals surface area contributed by atoms with Crippen LogP contribution in [-0.2, 0) is 0 Å². The van der Waals surface area contributed by atoms with Gasteiger partial charge in [0.2, 0.25) is 0 Å². The lowest BCUT2D eigenvalue weighted by Crippen LogP contribution is -2.36. The Morgan fingerprint density at radius 3 is 1.00 bits per heavy atom. The van der Waals surface area contributed by atoms with Crippen molar-refractivity contribution in [3.05, 3.63) is 0 Å². The standard InChI is InChI=1S/C24H50N2O/c1-3-5-7-9-11-13-15-17-19-21-23-26-24(27)25-22-20-18-16-14-12-10-8-6-4-2/h3-23H2,1-2H3,(H2,25,26,27). The first kappa shape index (κ1) is 26.3. The van der Waals surface area contributed by atoms with Crippen LogP contribution >= 0.6 is 0 Å². The van der Waals surface area contributed by atoms with Crippen molar-refractivity contribution in [1.29, 1.82) is 0 Å². The Labute approximate surface area is 170 Å². The zero-order valence-corrected chi connectivity index (χ0v) is 18.8. The molecule has 0 aliphatic rings. The Kier molecular flexibility index (Phi) is 22.7. The third-order valence-electron chi connectivity index (χ3n) is 5.38. The van der Waals surface area contributed by atoms with Gasteiger partial charge in [-0.3, -0.25) is 0 Å². The van der Waals surface area contributed by atoms with E-state index in [0.29, 0.717) is 0 Å². The van der Waals surface area contributed by atoms with E-state index in [1.807, 2.05) is 0 Å². The molecule has 2 N–H and O–H groups in total. The van der Waals surface area contributed by atoms with Crippen LogP contribution in [0.1, 0.15) is 136 Å². The number of hydrogen-bond acceptors (Lipinski definition) is 1. The molecule has 0 aromatic rings. The molecule has 0 aliphatic heterocycles. The van der Waals surface area contributed by atoms with Crippen molar-refractivity contribution >= 4 is 6.03 Å². The molecule has 0 aromatic heterocycles. The molecule has 0 unspecified atom stereocenters. The molecule has 2 amide bonds. The van der Waals surface area contributed by atoms with Gasteiger partial charge >= 0.3 is 6.03 Å². The van der Waals surface area contributed by atoms with E-state index in [4.69, 9.17) is 0 Å². The van der Waals surface area contributed by atoms with Crippen LogP contribution in [0.3, 0.4) is 0 Å². The van der Waals surface area contributed by atoms with Crippen molar-refractivity contribution in [1.82, 2.24) is 10.6 Å². The Balaban J connectivity index is 3.13. The fourth-order valence-corrected chi connectivity index (χ4v) is 3.51. The van der Waals surface area contributed by atoms with E-state index in [2.05, 4.69) is 24.5 Å². The third-order valence-corrected chi connectivity index (χ3v) is 5.38. The van der Waals surface area contributed by atoms with Crippen LogP contribution in [0.2, 0.25) is 0 Å². The molecular weight excluding hydrogens is 332 g/mol. The van der Waals surface area contributed by atoms with Crippen LogP contribution in [0, 0.1) is 0 Å². The largest absolute Gasteiger partial charge is 0.338 e. The average molecular weight is 383 g/mol. The number of carbonyl (C=O) groups is 1. The Morgan fingerprint density at radius 2 is 0.704 bits per heavy atom. The van der Waals surface area contributed by atoms with E-state index in [-0.39, 0.29) is 6.03 Å². The van der Waals surface area contributed by atoms with Crippen LogP contribution in [0.25, 0.3) is 0 Å². The first-order valence-electron chi connectivity index (χ1n) is 12.3. The number of nitrogens with one attached hydrogen (secondary N) is 2. The normalized spacial score (nSPS) is 10.9. The molecule has 3 heteroatoms. The van der Waals surface area contributed by atoms with Gasteiger partial charge in [-0.05, 0) is 12.8 Å². The van der Waals surface area contributed by atoms with Gasteiger partial charge in [-0.2, -0.15) is 0 Å². The van der Waals surface area contributed by atoms with E-state index in [9.17, 15) is 4.79 Å². The monoisotopic (exact) mass is 382 g/mol. The maximum Gasteiger partial charge on any atom is 0.314 e. The van der Waals surface area contributed by atoms with Crippen LogP contribution in [0.15, 0.2) is 0 Å². The Bertz CT molecular complexity index is 294. The van der Waals surface area contributed by atoms with Crippen molar-refractivity contribution < 1.29 is 4.79 Å². The van der Waals surface area contributed by atoms with Gasteiger partial charge in [0.05, 0.1) is 0 Å². The van der Waals surface area contributed by atoms with Crippen molar-refractivity contribution in [3.63, 3.8) is 0 Å². The zero-order chi connectivity index (χ0) is 19.8. The van der Waals surface area contributed by atoms with Crippen molar-refractivity contribution in [2.24, 2.45) is 0 Å². The summed E-state index contributed by atoms with van der Waals surface area (Å²) in [6.07, 6.45) is 25.3. The fraction of sp³-hybridized carbons (Fsp3) is 0.958. The number of amides is 2. The topological polar surface area (TPSA) is 41.1 Å². The molecule has 0 heterocycles. The highest BCUT2D eigenvalue weighted by Crippen LogP contribution is 2.10. The number of carbonyl (C=O) groups excluding carboxylic acids is 1. The molecular formula is C24H50N2O. The lowest BCUT2D eigenvalue weighted by Gasteiger charge is -2.08. The molecule has 0 saturated carbocycles. The number of unbranched alkanes of at least 4 members (excludes halogenated alkanes) is 17. The van der Waals surface area contributed by atoms with Crippen molar-refractivity contribution in [2.45, 2.75) is 136 Å². The highest BCUT2D eigenvalue weighted by Gasteiger charge is 1.99. The van der Waals surface area contributed by atoms with Crippen molar-refractivity contribution in [2.75, 3.05) is 13.1 Å². The van der Waals surface area contributed by atoms with Gasteiger partial charge in [-0.1, -0.05) is 123 Å². The van der Waals surface area contributed by atoms with E-state index in [0.717, 1.165) is 25.9 Å². The second-order valence-electron chi connectivity index (χ2n) is 8.19. The first-order chi connectivity index (χ1) is 13.3. The molecule has 0 radical (unpaired) electrons. The Hall–Kier alpha value is -0.730. The molecule has 27 heavy (non-hydrogen) atoms. The third kappa shape index (κ3) is 23.2. The molecule has 3 nitrogen and oxygen atoms in total. The highest BCUT2D eigenvalue weighted by molar-refractivity contribution is 5.73. The smallest absolute Gasteiger partial charge is 0.314 e. The van der Waals surface area contributed by atoms with Crippen LogP contribution in [0.4, 0.5) is 4.79 Å². The summed E-state index contributed by atoms with van der Waals surface area (Å²) >= 11 is 0. The van der Waals surface area contributed by atoms with E-state index in [1.165, 1.54) is 109 Å². The number of rotatable bonds is 21. The summed E-state index contributed by atoms with van der Waals surface area (Å²) in [6.45, 7) is 6.17. The maximum atomic E-state index is 11.7. The first-order valence-corrected chi connectivity index (χ1v) is 12.3. The van der Waals surface area contributed by atoms with Gasteiger partial charge in [0.15, 0.2) is 0 Å². The summed E-state index contributed by atoms with van der Waals surface area (Å²) in [5.74, 6) is 0. The second-order valence-corrected chi connectivity index (χ2v) is 8.19. The van der Waals surface area contributed by atoms with Gasteiger partial charge in [0.25, 0.3) is 0 Å². The summed E-state index contributed by atoms with van der Waals surface area (Å²) in [5, 5.41) is 5.98. The molecule has 0 bridgehead atoms. The zero-order valence-electron chi connectivity index (χ0n) is 18.8. The maximum absolute atomic E-state index is 11.7. The van der Waals surface area contributed by atoms with E-state index < -0.39 is 0 Å². The summed E-state index contributed by atoms with van der Waals surface area (Å²) in [5.41, 5.74) is 0. The molecule has 0 fully saturated rings.